The lowest BCUT2D eigenvalue weighted by atomic mass is 10.1. The molecule has 1 atom stereocenters. The molecule has 0 bridgehead atoms. The zero-order chi connectivity index (χ0) is 20.5. The topological polar surface area (TPSA) is 97.0 Å². The number of rotatable bonds is 9. The van der Waals surface area contributed by atoms with Gasteiger partial charge < -0.3 is 20.1 Å². The van der Waals surface area contributed by atoms with Crippen LogP contribution in [0.5, 0.6) is 0 Å². The highest BCUT2D eigenvalue weighted by molar-refractivity contribution is 5.93. The highest BCUT2D eigenvalue weighted by atomic mass is 16.5. The third-order valence-electron chi connectivity index (χ3n) is 4.34. The van der Waals surface area contributed by atoms with E-state index in [0.29, 0.717) is 24.4 Å². The largest absolute Gasteiger partial charge is 0.469 e. The van der Waals surface area contributed by atoms with Crippen molar-refractivity contribution in [2.45, 2.75) is 20.4 Å². The molecule has 0 saturated heterocycles. The Hall–Kier alpha value is -2.87. The first-order chi connectivity index (χ1) is 13.4. The summed E-state index contributed by atoms with van der Waals surface area (Å²) in [6.07, 6.45) is 0. The van der Waals surface area contributed by atoms with Gasteiger partial charge in [-0.25, -0.2) is 9.59 Å². The maximum Gasteiger partial charge on any atom is 0.337 e. The minimum absolute atomic E-state index is 0.103. The Morgan fingerprint density at radius 1 is 1.21 bits per heavy atom. The summed E-state index contributed by atoms with van der Waals surface area (Å²) in [6, 6.07) is 9.40. The molecule has 8 nitrogen and oxygen atoms in total. The van der Waals surface area contributed by atoms with E-state index in [1.807, 2.05) is 35.2 Å². The van der Waals surface area contributed by atoms with Gasteiger partial charge in [-0.3, -0.25) is 9.69 Å². The molecule has 0 spiro atoms. The molecule has 28 heavy (non-hydrogen) atoms. The average Bonchev–Trinajstić information content (AvgIpc) is 2.68. The SMILES string of the molecule is CCOC(=O)C1=C(CN(Cc2ccccc2)CC(C)C(=O)OC)NC(=O)NC1. The number of nitrogens with zero attached hydrogens (tertiary/aromatic N) is 1. The van der Waals surface area contributed by atoms with Gasteiger partial charge in [-0.2, -0.15) is 0 Å². The molecule has 1 aliphatic rings. The van der Waals surface area contributed by atoms with Crippen LogP contribution in [0.3, 0.4) is 0 Å². The molecule has 1 unspecified atom stereocenters. The van der Waals surface area contributed by atoms with Crippen molar-refractivity contribution in [3.8, 4) is 0 Å². The van der Waals surface area contributed by atoms with Crippen LogP contribution in [0.25, 0.3) is 0 Å². The second-order valence-electron chi connectivity index (χ2n) is 6.56. The maximum absolute atomic E-state index is 12.3. The third kappa shape index (κ3) is 6.09. The van der Waals surface area contributed by atoms with Crippen LogP contribution in [0.1, 0.15) is 19.4 Å². The van der Waals surface area contributed by atoms with Crippen LogP contribution in [-0.2, 0) is 25.6 Å². The molecule has 1 aliphatic heterocycles. The number of methoxy groups -OCH3 is 1. The molecule has 8 heteroatoms. The monoisotopic (exact) mass is 389 g/mol. The summed E-state index contributed by atoms with van der Waals surface area (Å²) in [5.74, 6) is -1.14. The van der Waals surface area contributed by atoms with Gasteiger partial charge >= 0.3 is 18.0 Å². The van der Waals surface area contributed by atoms with Crippen molar-refractivity contribution in [1.82, 2.24) is 15.5 Å². The smallest absolute Gasteiger partial charge is 0.337 e. The molecular formula is C20H27N3O5. The van der Waals surface area contributed by atoms with E-state index in [0.717, 1.165) is 5.56 Å². The van der Waals surface area contributed by atoms with Crippen LogP contribution < -0.4 is 10.6 Å². The highest BCUT2D eigenvalue weighted by Crippen LogP contribution is 2.14. The number of amides is 2. The summed E-state index contributed by atoms with van der Waals surface area (Å²) >= 11 is 0. The lowest BCUT2D eigenvalue weighted by Gasteiger charge is -2.29. The summed E-state index contributed by atoms with van der Waals surface area (Å²) in [4.78, 5) is 38.0. The molecular weight excluding hydrogens is 362 g/mol. The molecule has 1 aromatic carbocycles. The quantitative estimate of drug-likeness (QED) is 0.620. The molecule has 2 amide bonds. The van der Waals surface area contributed by atoms with Gasteiger partial charge in [-0.15, -0.1) is 0 Å². The van der Waals surface area contributed by atoms with E-state index in [1.165, 1.54) is 7.11 Å². The molecule has 2 N–H and O–H groups in total. The first-order valence-corrected chi connectivity index (χ1v) is 9.22. The van der Waals surface area contributed by atoms with Gasteiger partial charge in [-0.05, 0) is 12.5 Å². The predicted molar refractivity (Wildman–Crippen MR) is 103 cm³/mol. The van der Waals surface area contributed by atoms with Gasteiger partial charge in [0.05, 0.1) is 31.8 Å². The van der Waals surface area contributed by atoms with Crippen molar-refractivity contribution in [1.29, 1.82) is 0 Å². The summed E-state index contributed by atoms with van der Waals surface area (Å²) in [5.41, 5.74) is 1.92. The first-order valence-electron chi connectivity index (χ1n) is 9.22. The van der Waals surface area contributed by atoms with Crippen LogP contribution >= 0.6 is 0 Å². The standard InChI is InChI=1S/C20H27N3O5/c1-4-28-19(25)16-10-21-20(26)22-17(16)13-23(11-14(2)18(24)27-3)12-15-8-6-5-7-9-15/h5-9,14H,4,10-13H2,1-3H3,(H2,21,22,26). The second kappa shape index (κ2) is 10.5. The number of hydrogen-bond donors (Lipinski definition) is 2. The fourth-order valence-corrected chi connectivity index (χ4v) is 2.99. The van der Waals surface area contributed by atoms with E-state index in [1.54, 1.807) is 13.8 Å². The number of nitrogens with one attached hydrogen (secondary N) is 2. The molecule has 0 radical (unpaired) electrons. The van der Waals surface area contributed by atoms with Gasteiger partial charge in [0.2, 0.25) is 0 Å². The number of carbonyl (C=O) groups excluding carboxylic acids is 3. The van der Waals surface area contributed by atoms with Gasteiger partial charge in [0, 0.05) is 25.3 Å². The second-order valence-corrected chi connectivity index (χ2v) is 6.56. The van der Waals surface area contributed by atoms with E-state index in [-0.39, 0.29) is 37.6 Å². The Kier molecular flexibility index (Phi) is 8.01. The van der Waals surface area contributed by atoms with Crippen LogP contribution in [0, 0.1) is 5.92 Å². The third-order valence-corrected chi connectivity index (χ3v) is 4.34. The van der Waals surface area contributed by atoms with Crippen LogP contribution in [0.2, 0.25) is 0 Å². The minimum atomic E-state index is -0.467. The first kappa shape index (κ1) is 21.4. The number of esters is 2. The molecule has 0 aromatic heterocycles. The van der Waals surface area contributed by atoms with Gasteiger partial charge in [-0.1, -0.05) is 37.3 Å². The van der Waals surface area contributed by atoms with Crippen molar-refractivity contribution in [3.63, 3.8) is 0 Å². The van der Waals surface area contributed by atoms with E-state index in [9.17, 15) is 14.4 Å². The normalized spacial score (nSPS) is 14.9. The lowest BCUT2D eigenvalue weighted by molar-refractivity contribution is -0.145. The van der Waals surface area contributed by atoms with Crippen molar-refractivity contribution >= 4 is 18.0 Å². The van der Waals surface area contributed by atoms with E-state index in [2.05, 4.69) is 10.6 Å². The number of benzene rings is 1. The molecule has 0 saturated carbocycles. The summed E-state index contributed by atoms with van der Waals surface area (Å²) in [5, 5.41) is 5.30. The Bertz CT molecular complexity index is 733. The fraction of sp³-hybridized carbons (Fsp3) is 0.450. The average molecular weight is 389 g/mol. The van der Waals surface area contributed by atoms with Gasteiger partial charge in [0.25, 0.3) is 0 Å². The zero-order valence-corrected chi connectivity index (χ0v) is 16.5. The molecule has 1 heterocycles. The fourth-order valence-electron chi connectivity index (χ4n) is 2.99. The zero-order valence-electron chi connectivity index (χ0n) is 16.5. The Morgan fingerprint density at radius 3 is 2.57 bits per heavy atom. The molecule has 2 rings (SSSR count). The molecule has 0 aliphatic carbocycles. The molecule has 152 valence electrons. The molecule has 1 aromatic rings. The van der Waals surface area contributed by atoms with Crippen molar-refractivity contribution in [2.75, 3.05) is 33.4 Å². The predicted octanol–water partition coefficient (Wildman–Crippen LogP) is 1.43. The van der Waals surface area contributed by atoms with E-state index >= 15 is 0 Å². The number of hydrogen-bond acceptors (Lipinski definition) is 6. The van der Waals surface area contributed by atoms with Crippen molar-refractivity contribution < 1.29 is 23.9 Å². The van der Waals surface area contributed by atoms with E-state index in [4.69, 9.17) is 9.47 Å². The van der Waals surface area contributed by atoms with Crippen molar-refractivity contribution in [2.24, 2.45) is 5.92 Å². The Morgan fingerprint density at radius 2 is 1.93 bits per heavy atom. The van der Waals surface area contributed by atoms with Crippen LogP contribution in [0.15, 0.2) is 41.6 Å². The minimum Gasteiger partial charge on any atom is -0.469 e. The lowest BCUT2D eigenvalue weighted by Crippen LogP contribution is -2.47. The molecule has 0 fully saturated rings. The van der Waals surface area contributed by atoms with Crippen LogP contribution in [-0.4, -0.2) is 56.2 Å². The van der Waals surface area contributed by atoms with Crippen molar-refractivity contribution in [3.05, 3.63) is 47.2 Å². The number of urea groups is 1. The van der Waals surface area contributed by atoms with E-state index < -0.39 is 5.97 Å². The number of carbonyl (C=O) groups is 3. The Labute approximate surface area is 164 Å². The summed E-state index contributed by atoms with van der Waals surface area (Å²) < 4.78 is 9.93. The highest BCUT2D eigenvalue weighted by Gasteiger charge is 2.26. The summed E-state index contributed by atoms with van der Waals surface area (Å²) in [6.45, 7) is 5.11. The van der Waals surface area contributed by atoms with Crippen LogP contribution in [0.4, 0.5) is 4.79 Å². The number of ether oxygens (including phenoxy) is 2. The van der Waals surface area contributed by atoms with Gasteiger partial charge in [0.1, 0.15) is 0 Å². The maximum atomic E-state index is 12.3. The Balaban J connectivity index is 2.25. The van der Waals surface area contributed by atoms with Gasteiger partial charge in [0.15, 0.2) is 0 Å². The summed E-state index contributed by atoms with van der Waals surface area (Å²) in [7, 11) is 1.36.